The molecule has 0 atom stereocenters. The van der Waals surface area contributed by atoms with Crippen LogP contribution in [0.2, 0.25) is 0 Å². The smallest absolute Gasteiger partial charge is 0.278 e. The molecule has 0 amide bonds. The number of nitrogen functional groups attached to an aromatic ring is 2. The third-order valence-corrected chi connectivity index (χ3v) is 2.21. The summed E-state index contributed by atoms with van der Waals surface area (Å²) in [5, 5.41) is 9.63. The average Bonchev–Trinajstić information content (AvgIpc) is 2.24. The quantitative estimate of drug-likeness (QED) is 0.655. The van der Waals surface area contributed by atoms with Gasteiger partial charge in [-0.1, -0.05) is 12.1 Å². The number of rotatable bonds is 1. The zero-order valence-electron chi connectivity index (χ0n) is 8.42. The Labute approximate surface area is 91.6 Å². The van der Waals surface area contributed by atoms with Gasteiger partial charge < -0.3 is 16.6 Å². The number of hydrogen-bond acceptors (Lipinski definition) is 4. The summed E-state index contributed by atoms with van der Waals surface area (Å²) in [6.45, 7) is 0. The third-order valence-electron chi connectivity index (χ3n) is 2.21. The van der Waals surface area contributed by atoms with Crippen molar-refractivity contribution in [2.45, 2.75) is 0 Å². The van der Waals surface area contributed by atoms with Crippen LogP contribution in [0, 0.1) is 0 Å². The molecule has 0 saturated carbocycles. The van der Waals surface area contributed by atoms with Crippen molar-refractivity contribution in [3.05, 3.63) is 46.9 Å². The van der Waals surface area contributed by atoms with Gasteiger partial charge in [0.1, 0.15) is 11.4 Å². The lowest BCUT2D eigenvalue weighted by molar-refractivity contribution is 0.472. The van der Waals surface area contributed by atoms with E-state index in [4.69, 9.17) is 11.5 Å². The fourth-order valence-corrected chi connectivity index (χ4v) is 1.47. The number of benzene rings is 1. The van der Waals surface area contributed by atoms with Crippen molar-refractivity contribution < 1.29 is 5.11 Å². The van der Waals surface area contributed by atoms with Gasteiger partial charge in [-0.25, -0.2) is 0 Å². The van der Waals surface area contributed by atoms with E-state index in [0.29, 0.717) is 11.4 Å². The highest BCUT2D eigenvalue weighted by molar-refractivity contribution is 5.54. The fraction of sp³-hybridized carbons (Fsp3) is 0. The largest absolute Gasteiger partial charge is 0.506 e. The van der Waals surface area contributed by atoms with Gasteiger partial charge in [0.05, 0.1) is 11.4 Å². The predicted octanol–water partition coefficient (Wildman–Crippen LogP) is 0.707. The van der Waals surface area contributed by atoms with Gasteiger partial charge in [-0.3, -0.25) is 9.36 Å². The molecule has 1 aromatic carbocycles. The van der Waals surface area contributed by atoms with Gasteiger partial charge in [0, 0.05) is 6.20 Å². The van der Waals surface area contributed by atoms with Crippen LogP contribution in [-0.2, 0) is 0 Å². The third kappa shape index (κ3) is 1.58. The van der Waals surface area contributed by atoms with Gasteiger partial charge in [-0.05, 0) is 18.2 Å². The van der Waals surface area contributed by atoms with Crippen LogP contribution in [0.1, 0.15) is 0 Å². The number of phenols is 1. The minimum absolute atomic E-state index is 0.00500. The van der Waals surface area contributed by atoms with Crippen molar-refractivity contribution in [3.63, 3.8) is 0 Å². The van der Waals surface area contributed by atoms with Crippen LogP contribution in [0.5, 0.6) is 5.75 Å². The zero-order valence-corrected chi connectivity index (χ0v) is 8.42. The SMILES string of the molecule is Nc1cc(N)c(=O)n(-c2ccccc2O)c1. The van der Waals surface area contributed by atoms with Gasteiger partial charge >= 0.3 is 0 Å². The number of aromatic hydroxyl groups is 1. The number of nitrogens with two attached hydrogens (primary N) is 2. The second-order valence-corrected chi connectivity index (χ2v) is 3.39. The number of para-hydroxylation sites is 2. The molecule has 0 radical (unpaired) electrons. The van der Waals surface area contributed by atoms with Crippen LogP contribution in [-0.4, -0.2) is 9.67 Å². The highest BCUT2D eigenvalue weighted by Gasteiger charge is 2.07. The van der Waals surface area contributed by atoms with Crippen LogP contribution in [0.15, 0.2) is 41.3 Å². The van der Waals surface area contributed by atoms with E-state index in [1.807, 2.05) is 0 Å². The first-order chi connectivity index (χ1) is 7.59. The molecular weight excluding hydrogens is 206 g/mol. The number of pyridine rings is 1. The Morgan fingerprint density at radius 1 is 1.19 bits per heavy atom. The number of nitrogens with zero attached hydrogens (tertiary/aromatic N) is 1. The maximum atomic E-state index is 11.7. The molecule has 82 valence electrons. The maximum absolute atomic E-state index is 11.7. The maximum Gasteiger partial charge on any atom is 0.278 e. The second-order valence-electron chi connectivity index (χ2n) is 3.39. The van der Waals surface area contributed by atoms with Gasteiger partial charge in [-0.15, -0.1) is 0 Å². The molecule has 5 heteroatoms. The predicted molar refractivity (Wildman–Crippen MR) is 62.5 cm³/mol. The Kier molecular flexibility index (Phi) is 2.28. The molecule has 2 aromatic rings. The number of hydrogen-bond donors (Lipinski definition) is 3. The van der Waals surface area contributed by atoms with Crippen LogP contribution in [0.25, 0.3) is 5.69 Å². The van der Waals surface area contributed by atoms with Crippen molar-refractivity contribution in [2.24, 2.45) is 0 Å². The lowest BCUT2D eigenvalue weighted by Crippen LogP contribution is -2.21. The van der Waals surface area contributed by atoms with Gasteiger partial charge in [0.25, 0.3) is 5.56 Å². The standard InChI is InChI=1S/C11H11N3O2/c12-7-5-8(13)11(16)14(6-7)9-3-1-2-4-10(9)15/h1-6,15H,12-13H2. The molecule has 0 fully saturated rings. The molecule has 2 rings (SSSR count). The normalized spacial score (nSPS) is 10.2. The summed E-state index contributed by atoms with van der Waals surface area (Å²) in [5.41, 5.74) is 11.5. The first-order valence-corrected chi connectivity index (χ1v) is 4.65. The van der Waals surface area contributed by atoms with Crippen LogP contribution >= 0.6 is 0 Å². The summed E-state index contributed by atoms with van der Waals surface area (Å²) in [6, 6.07) is 7.86. The topological polar surface area (TPSA) is 94.3 Å². The Balaban J connectivity index is 2.75. The lowest BCUT2D eigenvalue weighted by Gasteiger charge is -2.09. The summed E-state index contributed by atoms with van der Waals surface area (Å²) in [5.74, 6) is -0.00500. The Bertz CT molecular complexity index is 590. The zero-order chi connectivity index (χ0) is 11.7. The minimum atomic E-state index is -0.407. The molecule has 0 unspecified atom stereocenters. The molecule has 0 aliphatic carbocycles. The molecule has 5 nitrogen and oxygen atoms in total. The molecule has 0 saturated heterocycles. The van der Waals surface area contributed by atoms with E-state index >= 15 is 0 Å². The van der Waals surface area contributed by atoms with Crippen molar-refractivity contribution in [2.75, 3.05) is 11.5 Å². The molecule has 1 heterocycles. The molecule has 5 N–H and O–H groups in total. The van der Waals surface area contributed by atoms with Crippen LogP contribution in [0.4, 0.5) is 11.4 Å². The number of anilines is 2. The number of aromatic nitrogens is 1. The van der Waals surface area contributed by atoms with E-state index in [-0.39, 0.29) is 11.4 Å². The van der Waals surface area contributed by atoms with Crippen LogP contribution < -0.4 is 17.0 Å². The highest BCUT2D eigenvalue weighted by Crippen LogP contribution is 2.20. The van der Waals surface area contributed by atoms with Gasteiger partial charge in [-0.2, -0.15) is 0 Å². The summed E-state index contributed by atoms with van der Waals surface area (Å²) in [7, 11) is 0. The summed E-state index contributed by atoms with van der Waals surface area (Å²) >= 11 is 0. The van der Waals surface area contributed by atoms with Gasteiger partial charge in [0.2, 0.25) is 0 Å². The second kappa shape index (κ2) is 3.62. The monoisotopic (exact) mass is 217 g/mol. The Morgan fingerprint density at radius 3 is 2.56 bits per heavy atom. The summed E-state index contributed by atoms with van der Waals surface area (Å²) in [6.07, 6.45) is 1.42. The van der Waals surface area contributed by atoms with Crippen molar-refractivity contribution in [3.8, 4) is 11.4 Å². The van der Waals surface area contributed by atoms with Crippen molar-refractivity contribution in [1.29, 1.82) is 0 Å². The molecule has 0 aliphatic heterocycles. The van der Waals surface area contributed by atoms with Crippen molar-refractivity contribution >= 4 is 11.4 Å². The lowest BCUT2D eigenvalue weighted by atomic mass is 10.2. The highest BCUT2D eigenvalue weighted by atomic mass is 16.3. The summed E-state index contributed by atoms with van der Waals surface area (Å²) < 4.78 is 1.22. The van der Waals surface area contributed by atoms with E-state index in [9.17, 15) is 9.90 Å². The van der Waals surface area contributed by atoms with Crippen LogP contribution in [0.3, 0.4) is 0 Å². The van der Waals surface area contributed by atoms with E-state index in [2.05, 4.69) is 0 Å². The first kappa shape index (κ1) is 10.1. The Hall–Kier alpha value is -2.43. The molecule has 0 aliphatic rings. The molecule has 16 heavy (non-hydrogen) atoms. The molecule has 1 aromatic heterocycles. The fourth-order valence-electron chi connectivity index (χ4n) is 1.47. The molecular formula is C11H11N3O2. The average molecular weight is 217 g/mol. The van der Waals surface area contributed by atoms with Gasteiger partial charge in [0.15, 0.2) is 0 Å². The van der Waals surface area contributed by atoms with Crippen molar-refractivity contribution in [1.82, 2.24) is 4.57 Å². The minimum Gasteiger partial charge on any atom is -0.506 e. The molecule has 0 bridgehead atoms. The van der Waals surface area contributed by atoms with E-state index < -0.39 is 5.56 Å². The molecule has 0 spiro atoms. The van der Waals surface area contributed by atoms with E-state index in [0.717, 1.165) is 0 Å². The number of phenolic OH excluding ortho intramolecular Hbond substituents is 1. The van der Waals surface area contributed by atoms with E-state index in [1.54, 1.807) is 18.2 Å². The Morgan fingerprint density at radius 2 is 1.88 bits per heavy atom. The summed E-state index contributed by atoms with van der Waals surface area (Å²) in [4.78, 5) is 11.7. The van der Waals surface area contributed by atoms with E-state index in [1.165, 1.54) is 22.9 Å². The first-order valence-electron chi connectivity index (χ1n) is 4.65.